The average molecular weight is 436 g/mol. The van der Waals surface area contributed by atoms with Crippen molar-refractivity contribution >= 4 is 40.9 Å². The van der Waals surface area contributed by atoms with Crippen LogP contribution < -0.4 is 10.6 Å². The Balaban J connectivity index is 1.47. The Morgan fingerprint density at radius 2 is 1.93 bits per heavy atom. The topological polar surface area (TPSA) is 122 Å². The lowest BCUT2D eigenvalue weighted by atomic mass is 9.82. The number of thiophene rings is 1. The Hall–Kier alpha value is -2.75. The van der Waals surface area contributed by atoms with Crippen LogP contribution >= 0.6 is 11.3 Å². The fourth-order valence-electron chi connectivity index (χ4n) is 3.73. The Kier molecular flexibility index (Phi) is 6.86. The van der Waals surface area contributed by atoms with E-state index in [1.807, 2.05) is 0 Å². The maximum absolute atomic E-state index is 12.7. The highest BCUT2D eigenvalue weighted by molar-refractivity contribution is 7.14. The van der Waals surface area contributed by atoms with Crippen molar-refractivity contribution in [1.29, 1.82) is 0 Å². The van der Waals surface area contributed by atoms with E-state index >= 15 is 0 Å². The summed E-state index contributed by atoms with van der Waals surface area (Å²) in [5.41, 5.74) is -0.893. The molecule has 3 rings (SSSR count). The highest BCUT2D eigenvalue weighted by Crippen LogP contribution is 2.33. The lowest BCUT2D eigenvalue weighted by Gasteiger charge is -2.30. The van der Waals surface area contributed by atoms with Crippen molar-refractivity contribution in [2.75, 3.05) is 19.7 Å². The molecule has 10 heteroatoms. The molecule has 0 bridgehead atoms. The van der Waals surface area contributed by atoms with Crippen LogP contribution in [0.1, 0.15) is 53.6 Å². The molecule has 9 nitrogen and oxygen atoms in total. The first-order valence-corrected chi connectivity index (χ1v) is 10.8. The minimum atomic E-state index is -0.893. The van der Waals surface area contributed by atoms with Crippen molar-refractivity contribution in [2.45, 2.75) is 51.0 Å². The number of urea groups is 1. The molecular formula is C20H25N3O6S. The van der Waals surface area contributed by atoms with Crippen LogP contribution in [0.3, 0.4) is 0 Å². The van der Waals surface area contributed by atoms with E-state index in [0.717, 1.165) is 29.0 Å². The van der Waals surface area contributed by atoms with Crippen molar-refractivity contribution in [2.24, 2.45) is 0 Å². The summed E-state index contributed by atoms with van der Waals surface area (Å²) in [6, 6.07) is 2.85. The van der Waals surface area contributed by atoms with Crippen molar-refractivity contribution < 1.29 is 28.7 Å². The molecule has 2 aliphatic rings. The molecule has 2 fully saturated rings. The quantitative estimate of drug-likeness (QED) is 0.362. The number of esters is 1. The highest BCUT2D eigenvalue weighted by atomic mass is 32.1. The summed E-state index contributed by atoms with van der Waals surface area (Å²) in [5, 5.41) is 5.41. The number of ether oxygens (including phenoxy) is 1. The molecule has 0 radical (unpaired) electrons. The lowest BCUT2D eigenvalue weighted by molar-refractivity contribution is -0.147. The van der Waals surface area contributed by atoms with Gasteiger partial charge in [0.2, 0.25) is 11.7 Å². The smallest absolute Gasteiger partial charge is 0.326 e. The molecule has 1 aromatic rings. The maximum Gasteiger partial charge on any atom is 0.326 e. The van der Waals surface area contributed by atoms with E-state index in [9.17, 15) is 24.0 Å². The van der Waals surface area contributed by atoms with Crippen LogP contribution in [-0.4, -0.2) is 59.7 Å². The van der Waals surface area contributed by atoms with Gasteiger partial charge in [0, 0.05) is 18.3 Å². The van der Waals surface area contributed by atoms with Crippen LogP contribution in [0.5, 0.6) is 0 Å². The Morgan fingerprint density at radius 1 is 1.20 bits per heavy atom. The minimum Gasteiger partial charge on any atom is -0.456 e. The molecule has 30 heavy (non-hydrogen) atoms. The molecule has 1 aliphatic heterocycles. The summed E-state index contributed by atoms with van der Waals surface area (Å²) in [6.07, 6.45) is 4.48. The number of rotatable bonds is 8. The van der Waals surface area contributed by atoms with Gasteiger partial charge in [-0.05, 0) is 31.4 Å². The second-order valence-electron chi connectivity index (χ2n) is 7.55. The van der Waals surface area contributed by atoms with Crippen LogP contribution in [0.4, 0.5) is 4.79 Å². The number of Topliss-reactive ketones (excluding diaryl/α,β-unsaturated/α-hetero) is 1. The van der Waals surface area contributed by atoms with E-state index in [-0.39, 0.29) is 11.7 Å². The Labute approximate surface area is 178 Å². The van der Waals surface area contributed by atoms with E-state index in [0.29, 0.717) is 30.7 Å². The van der Waals surface area contributed by atoms with Gasteiger partial charge < -0.3 is 15.4 Å². The number of carbonyl (C=O) groups excluding carboxylic acids is 5. The van der Waals surface area contributed by atoms with Crippen LogP contribution in [0.15, 0.2) is 12.1 Å². The third-order valence-electron chi connectivity index (χ3n) is 5.29. The molecule has 2 N–H and O–H groups in total. The summed E-state index contributed by atoms with van der Waals surface area (Å²) < 4.78 is 5.00. The number of hydrogen-bond acceptors (Lipinski definition) is 7. The van der Waals surface area contributed by atoms with Crippen LogP contribution in [0.2, 0.25) is 0 Å². The standard InChI is InChI=1S/C20H25N3O6S/c1-13(24)21-10-7-14-5-6-16(30-14)15(25)12-29-17(26)11-23-18(27)20(22-19(23)28)8-3-2-4-9-20/h5-6H,2-4,7-12H2,1H3,(H,21,24)(H,22,28). The van der Waals surface area contributed by atoms with Crippen molar-refractivity contribution in [3.05, 3.63) is 21.9 Å². The van der Waals surface area contributed by atoms with Gasteiger partial charge in [0.15, 0.2) is 6.61 Å². The molecule has 4 amide bonds. The van der Waals surface area contributed by atoms with Gasteiger partial charge in [-0.2, -0.15) is 0 Å². The van der Waals surface area contributed by atoms with E-state index in [2.05, 4.69) is 10.6 Å². The molecule has 1 saturated carbocycles. The van der Waals surface area contributed by atoms with E-state index in [1.54, 1.807) is 12.1 Å². The second kappa shape index (κ2) is 9.38. The van der Waals surface area contributed by atoms with Gasteiger partial charge in [0.1, 0.15) is 12.1 Å². The molecular weight excluding hydrogens is 410 g/mol. The largest absolute Gasteiger partial charge is 0.456 e. The molecule has 2 heterocycles. The van der Waals surface area contributed by atoms with Crippen LogP contribution in [0.25, 0.3) is 0 Å². The predicted octanol–water partition coefficient (Wildman–Crippen LogP) is 1.41. The zero-order valence-corrected chi connectivity index (χ0v) is 17.6. The van der Waals surface area contributed by atoms with Gasteiger partial charge in [-0.15, -0.1) is 11.3 Å². The Bertz CT molecular complexity index is 858. The predicted molar refractivity (Wildman–Crippen MR) is 108 cm³/mol. The maximum atomic E-state index is 12.7. The van der Waals surface area contributed by atoms with Crippen LogP contribution in [0, 0.1) is 0 Å². The fraction of sp³-hybridized carbons (Fsp3) is 0.550. The monoisotopic (exact) mass is 435 g/mol. The molecule has 162 valence electrons. The summed E-state index contributed by atoms with van der Waals surface area (Å²) in [6.45, 7) is 0.948. The van der Waals surface area contributed by atoms with E-state index < -0.39 is 36.6 Å². The van der Waals surface area contributed by atoms with Gasteiger partial charge in [-0.3, -0.25) is 24.1 Å². The second-order valence-corrected chi connectivity index (χ2v) is 8.72. The van der Waals surface area contributed by atoms with Gasteiger partial charge in [-0.25, -0.2) is 4.79 Å². The SMILES string of the molecule is CC(=O)NCCc1ccc(C(=O)COC(=O)CN2C(=O)NC3(CCCCC3)C2=O)s1. The van der Waals surface area contributed by atoms with Crippen molar-refractivity contribution in [3.8, 4) is 0 Å². The number of ketones is 1. The van der Waals surface area contributed by atoms with Gasteiger partial charge in [0.25, 0.3) is 5.91 Å². The van der Waals surface area contributed by atoms with Gasteiger partial charge in [-0.1, -0.05) is 19.3 Å². The first-order valence-electron chi connectivity index (χ1n) is 9.97. The Morgan fingerprint density at radius 3 is 2.63 bits per heavy atom. The number of nitrogens with zero attached hydrogens (tertiary/aromatic N) is 1. The number of imide groups is 1. The van der Waals surface area contributed by atoms with E-state index in [1.165, 1.54) is 18.3 Å². The molecule has 1 spiro atoms. The summed E-state index contributed by atoms with van der Waals surface area (Å²) in [4.78, 5) is 62.4. The summed E-state index contributed by atoms with van der Waals surface area (Å²) in [5.74, 6) is -1.67. The summed E-state index contributed by atoms with van der Waals surface area (Å²) in [7, 11) is 0. The highest BCUT2D eigenvalue weighted by Gasteiger charge is 2.51. The molecule has 1 aromatic heterocycles. The minimum absolute atomic E-state index is 0.116. The molecule has 0 unspecified atom stereocenters. The third-order valence-corrected chi connectivity index (χ3v) is 6.47. The van der Waals surface area contributed by atoms with E-state index in [4.69, 9.17) is 4.74 Å². The zero-order valence-electron chi connectivity index (χ0n) is 16.8. The third kappa shape index (κ3) is 5.05. The molecule has 1 saturated heterocycles. The molecule has 0 aromatic carbocycles. The van der Waals surface area contributed by atoms with Gasteiger partial charge in [0.05, 0.1) is 4.88 Å². The van der Waals surface area contributed by atoms with Gasteiger partial charge >= 0.3 is 12.0 Å². The van der Waals surface area contributed by atoms with Crippen molar-refractivity contribution in [1.82, 2.24) is 15.5 Å². The molecule has 0 atom stereocenters. The normalized spacial score (nSPS) is 17.7. The van der Waals surface area contributed by atoms with Crippen LogP contribution in [-0.2, 0) is 25.5 Å². The summed E-state index contributed by atoms with van der Waals surface area (Å²) >= 11 is 1.27. The van der Waals surface area contributed by atoms with Crippen molar-refractivity contribution in [3.63, 3.8) is 0 Å². The number of hydrogen-bond donors (Lipinski definition) is 2. The molecule has 1 aliphatic carbocycles. The fourth-order valence-corrected chi connectivity index (χ4v) is 4.66. The first kappa shape index (κ1) is 21.9. The number of amides is 4. The zero-order chi connectivity index (χ0) is 21.7. The lowest BCUT2D eigenvalue weighted by Crippen LogP contribution is -2.48. The number of nitrogens with one attached hydrogen (secondary N) is 2. The average Bonchev–Trinajstić information content (AvgIpc) is 3.26. The number of carbonyl (C=O) groups is 5. The first-order chi connectivity index (χ1) is 14.3.